The number of hydrogen-bond donors (Lipinski definition) is 2. The van der Waals surface area contributed by atoms with Crippen LogP contribution in [0.4, 0.5) is 5.69 Å². The smallest absolute Gasteiger partial charge is 0.138 e. The molecule has 0 aliphatic rings. The van der Waals surface area contributed by atoms with Crippen LogP contribution in [-0.4, -0.2) is 24.4 Å². The summed E-state index contributed by atoms with van der Waals surface area (Å²) < 4.78 is 5.46. The zero-order valence-corrected chi connectivity index (χ0v) is 12.0. The number of nitrogens with zero attached hydrogens (tertiary/aromatic N) is 1. The molecule has 5 heteroatoms. The number of halogens is 1. The molecule has 2 N–H and O–H groups in total. The van der Waals surface area contributed by atoms with Gasteiger partial charge >= 0.3 is 0 Å². The van der Waals surface area contributed by atoms with Crippen molar-refractivity contribution in [2.45, 2.75) is 6.10 Å². The third-order valence-corrected chi connectivity index (χ3v) is 3.16. The van der Waals surface area contributed by atoms with E-state index in [9.17, 15) is 5.11 Å². The Bertz CT molecular complexity index is 640. The van der Waals surface area contributed by atoms with E-state index in [1.165, 1.54) is 0 Å². The Kier molecular flexibility index (Phi) is 5.44. The van der Waals surface area contributed by atoms with Gasteiger partial charge < -0.3 is 15.2 Å². The van der Waals surface area contributed by atoms with Crippen LogP contribution in [0.25, 0.3) is 0 Å². The fourth-order valence-corrected chi connectivity index (χ4v) is 1.96. The predicted octanol–water partition coefficient (Wildman–Crippen LogP) is 3.06. The van der Waals surface area contributed by atoms with Gasteiger partial charge in [0.25, 0.3) is 0 Å². The number of rotatable bonds is 6. The molecule has 21 heavy (non-hydrogen) atoms. The molecule has 0 aliphatic heterocycles. The van der Waals surface area contributed by atoms with Gasteiger partial charge in [-0.3, -0.25) is 0 Å². The maximum absolute atomic E-state index is 9.91. The zero-order valence-electron chi connectivity index (χ0n) is 11.3. The topological polar surface area (TPSA) is 65.3 Å². The lowest BCUT2D eigenvalue weighted by molar-refractivity contribution is 0.117. The van der Waals surface area contributed by atoms with Gasteiger partial charge in [-0.05, 0) is 24.3 Å². The van der Waals surface area contributed by atoms with Crippen molar-refractivity contribution in [3.8, 4) is 11.8 Å². The highest BCUT2D eigenvalue weighted by molar-refractivity contribution is 6.32. The highest BCUT2D eigenvalue weighted by Crippen LogP contribution is 2.23. The first-order valence-electron chi connectivity index (χ1n) is 6.49. The van der Waals surface area contributed by atoms with E-state index in [2.05, 4.69) is 11.4 Å². The maximum atomic E-state index is 9.91. The predicted molar refractivity (Wildman–Crippen MR) is 82.6 cm³/mol. The summed E-state index contributed by atoms with van der Waals surface area (Å²) in [6.07, 6.45) is -0.715. The van der Waals surface area contributed by atoms with Crippen LogP contribution in [0.5, 0.6) is 5.75 Å². The van der Waals surface area contributed by atoms with Crippen molar-refractivity contribution in [2.24, 2.45) is 0 Å². The minimum Gasteiger partial charge on any atom is -0.489 e. The molecule has 0 amide bonds. The summed E-state index contributed by atoms with van der Waals surface area (Å²) in [7, 11) is 0. The molecule has 0 saturated heterocycles. The van der Waals surface area contributed by atoms with E-state index in [1.54, 1.807) is 30.3 Å². The number of anilines is 1. The molecular weight excluding hydrogens is 288 g/mol. The van der Waals surface area contributed by atoms with Crippen LogP contribution in [0, 0.1) is 11.3 Å². The molecule has 2 rings (SSSR count). The van der Waals surface area contributed by atoms with E-state index >= 15 is 0 Å². The number of hydrogen-bond acceptors (Lipinski definition) is 4. The summed E-state index contributed by atoms with van der Waals surface area (Å²) in [5, 5.41) is 22.4. The molecule has 4 nitrogen and oxygen atoms in total. The van der Waals surface area contributed by atoms with Crippen molar-refractivity contribution in [1.29, 1.82) is 5.26 Å². The average molecular weight is 303 g/mol. The number of nitrogens with one attached hydrogen (secondary N) is 1. The summed E-state index contributed by atoms with van der Waals surface area (Å²) in [4.78, 5) is 0. The average Bonchev–Trinajstić information content (AvgIpc) is 2.52. The fourth-order valence-electron chi connectivity index (χ4n) is 1.77. The second-order valence-corrected chi connectivity index (χ2v) is 4.84. The van der Waals surface area contributed by atoms with Crippen LogP contribution < -0.4 is 10.1 Å². The van der Waals surface area contributed by atoms with Crippen molar-refractivity contribution in [3.63, 3.8) is 0 Å². The van der Waals surface area contributed by atoms with Crippen LogP contribution in [-0.2, 0) is 0 Å². The first-order valence-corrected chi connectivity index (χ1v) is 6.87. The highest BCUT2D eigenvalue weighted by atomic mass is 35.5. The van der Waals surface area contributed by atoms with Gasteiger partial charge in [0, 0.05) is 6.54 Å². The van der Waals surface area contributed by atoms with Gasteiger partial charge in [0.2, 0.25) is 0 Å². The minimum absolute atomic E-state index is 0.117. The molecule has 1 unspecified atom stereocenters. The van der Waals surface area contributed by atoms with Gasteiger partial charge in [0.1, 0.15) is 24.5 Å². The Morgan fingerprint density at radius 1 is 1.19 bits per heavy atom. The zero-order chi connectivity index (χ0) is 15.1. The van der Waals surface area contributed by atoms with Gasteiger partial charge in [-0.2, -0.15) is 5.26 Å². The van der Waals surface area contributed by atoms with Crippen molar-refractivity contribution >= 4 is 17.3 Å². The Morgan fingerprint density at radius 3 is 2.67 bits per heavy atom. The number of nitriles is 1. The molecule has 0 saturated carbocycles. The monoisotopic (exact) mass is 302 g/mol. The van der Waals surface area contributed by atoms with E-state index in [1.807, 2.05) is 18.2 Å². The van der Waals surface area contributed by atoms with Gasteiger partial charge in [-0.1, -0.05) is 35.9 Å². The molecule has 0 radical (unpaired) electrons. The lowest BCUT2D eigenvalue weighted by Gasteiger charge is -2.15. The second kappa shape index (κ2) is 7.53. The lowest BCUT2D eigenvalue weighted by Crippen LogP contribution is -2.26. The first-order chi connectivity index (χ1) is 10.2. The van der Waals surface area contributed by atoms with Crippen LogP contribution in [0.15, 0.2) is 48.5 Å². The normalized spacial score (nSPS) is 11.5. The number of aliphatic hydroxyl groups excluding tert-OH is 1. The number of aliphatic hydroxyl groups is 1. The van der Waals surface area contributed by atoms with Crippen molar-refractivity contribution in [1.82, 2.24) is 0 Å². The summed E-state index contributed by atoms with van der Waals surface area (Å²) in [6, 6.07) is 16.3. The molecule has 0 aromatic heterocycles. The van der Waals surface area contributed by atoms with Crippen LogP contribution in [0.2, 0.25) is 5.02 Å². The number of para-hydroxylation sites is 2. The number of benzene rings is 2. The van der Waals surface area contributed by atoms with Crippen LogP contribution >= 0.6 is 11.6 Å². The molecule has 108 valence electrons. The van der Waals surface area contributed by atoms with E-state index in [0.717, 1.165) is 0 Å². The highest BCUT2D eigenvalue weighted by Gasteiger charge is 2.08. The van der Waals surface area contributed by atoms with Crippen molar-refractivity contribution in [2.75, 3.05) is 18.5 Å². The Balaban J connectivity index is 1.84. The van der Waals surface area contributed by atoms with E-state index in [4.69, 9.17) is 21.6 Å². The third-order valence-electron chi connectivity index (χ3n) is 2.84. The lowest BCUT2D eigenvalue weighted by atomic mass is 10.2. The van der Waals surface area contributed by atoms with Gasteiger partial charge in [-0.15, -0.1) is 0 Å². The fraction of sp³-hybridized carbons (Fsp3) is 0.188. The molecule has 0 fully saturated rings. The molecule has 1 atom stereocenters. The standard InChI is InChI=1S/C16H15ClN2O2/c17-14-6-2-4-8-16(14)21-11-13(20)10-19-15-7-3-1-5-12(15)9-18/h1-8,13,19-20H,10-11H2. The van der Waals surface area contributed by atoms with Gasteiger partial charge in [-0.25, -0.2) is 0 Å². The third kappa shape index (κ3) is 4.38. The van der Waals surface area contributed by atoms with Gasteiger partial charge in [0.15, 0.2) is 0 Å². The Hall–Kier alpha value is -2.22. The molecular formula is C16H15ClN2O2. The second-order valence-electron chi connectivity index (χ2n) is 4.43. The quantitative estimate of drug-likeness (QED) is 0.860. The Morgan fingerprint density at radius 2 is 1.90 bits per heavy atom. The molecule has 0 bridgehead atoms. The summed E-state index contributed by atoms with van der Waals surface area (Å²) in [5.74, 6) is 0.538. The van der Waals surface area contributed by atoms with Crippen molar-refractivity contribution in [3.05, 3.63) is 59.1 Å². The molecule has 0 spiro atoms. The molecule has 0 heterocycles. The number of ether oxygens (including phenoxy) is 1. The summed E-state index contributed by atoms with van der Waals surface area (Å²) in [6.45, 7) is 0.397. The van der Waals surface area contributed by atoms with Crippen molar-refractivity contribution < 1.29 is 9.84 Å². The molecule has 2 aromatic carbocycles. The van der Waals surface area contributed by atoms with E-state index in [0.29, 0.717) is 22.0 Å². The molecule has 2 aromatic rings. The van der Waals surface area contributed by atoms with Crippen LogP contribution in [0.3, 0.4) is 0 Å². The minimum atomic E-state index is -0.715. The first kappa shape index (κ1) is 15.2. The molecule has 0 aliphatic carbocycles. The largest absolute Gasteiger partial charge is 0.489 e. The van der Waals surface area contributed by atoms with Gasteiger partial charge in [0.05, 0.1) is 16.3 Å². The Labute approximate surface area is 128 Å². The summed E-state index contributed by atoms with van der Waals surface area (Å²) >= 11 is 5.96. The SMILES string of the molecule is N#Cc1ccccc1NCC(O)COc1ccccc1Cl. The maximum Gasteiger partial charge on any atom is 0.138 e. The van der Waals surface area contributed by atoms with E-state index < -0.39 is 6.10 Å². The van der Waals surface area contributed by atoms with E-state index in [-0.39, 0.29) is 13.2 Å². The summed E-state index contributed by atoms with van der Waals surface area (Å²) in [5.41, 5.74) is 1.23. The van der Waals surface area contributed by atoms with Crippen LogP contribution in [0.1, 0.15) is 5.56 Å².